The van der Waals surface area contributed by atoms with Crippen molar-refractivity contribution in [2.75, 3.05) is 12.4 Å². The lowest BCUT2D eigenvalue weighted by Crippen LogP contribution is -2.25. The van der Waals surface area contributed by atoms with Crippen LogP contribution in [0.4, 0.5) is 0 Å². The van der Waals surface area contributed by atoms with Gasteiger partial charge in [-0.1, -0.05) is 35.4 Å². The van der Waals surface area contributed by atoms with Gasteiger partial charge in [-0.15, -0.1) is 16.7 Å². The molecule has 1 amide bonds. The summed E-state index contributed by atoms with van der Waals surface area (Å²) in [4.78, 5) is 11.0. The van der Waals surface area contributed by atoms with Crippen LogP contribution in [0.2, 0.25) is 0 Å². The van der Waals surface area contributed by atoms with E-state index in [1.165, 1.54) is 0 Å². The Hall–Kier alpha value is -1.93. The normalized spacial score (nSPS) is 11.3. The van der Waals surface area contributed by atoms with E-state index in [9.17, 15) is 13.2 Å². The van der Waals surface area contributed by atoms with Crippen LogP contribution in [0.1, 0.15) is 17.9 Å². The molecule has 0 fully saturated rings. The molecule has 0 bridgehead atoms. The summed E-state index contributed by atoms with van der Waals surface area (Å²) in [6.07, 6.45) is 0.916. The van der Waals surface area contributed by atoms with Crippen LogP contribution in [-0.4, -0.2) is 36.9 Å². The Morgan fingerprint density at radius 1 is 1.22 bits per heavy atom. The Bertz CT molecular complexity index is 746. The minimum atomic E-state index is -3.67. The first-order valence-corrected chi connectivity index (χ1v) is 9.11. The number of amides is 1. The van der Waals surface area contributed by atoms with Gasteiger partial charge in [-0.05, 0) is 12.0 Å². The second kappa shape index (κ2) is 8.07. The highest BCUT2D eigenvalue weighted by Gasteiger charge is 2.22. The number of aromatic nitrogens is 2. The summed E-state index contributed by atoms with van der Waals surface area (Å²) in [6.45, 7) is 0.403. The fourth-order valence-electron chi connectivity index (χ4n) is 1.83. The van der Waals surface area contributed by atoms with Gasteiger partial charge in [-0.3, -0.25) is 4.79 Å². The van der Waals surface area contributed by atoms with Gasteiger partial charge in [0.2, 0.25) is 21.6 Å². The summed E-state index contributed by atoms with van der Waals surface area (Å²) in [5, 5.41) is 9.53. The SMILES string of the molecule is O=C(CCl)NCCCc1nnc(S(=O)(=O)Cc2ccccc2)o1. The number of nitrogens with zero attached hydrogens (tertiary/aromatic N) is 2. The van der Waals surface area contributed by atoms with E-state index in [4.69, 9.17) is 16.0 Å². The molecule has 0 atom stereocenters. The molecule has 0 saturated heterocycles. The molecule has 0 aliphatic carbocycles. The number of carbonyl (C=O) groups excluding carboxylic acids is 1. The molecule has 0 unspecified atom stereocenters. The number of alkyl halides is 1. The van der Waals surface area contributed by atoms with E-state index >= 15 is 0 Å². The Kier molecular flexibility index (Phi) is 6.12. The molecular weight excluding hydrogens is 342 g/mol. The quantitative estimate of drug-likeness (QED) is 0.565. The number of aryl methyl sites for hydroxylation is 1. The monoisotopic (exact) mass is 357 g/mol. The fraction of sp³-hybridized carbons (Fsp3) is 0.357. The van der Waals surface area contributed by atoms with Gasteiger partial charge in [0.25, 0.3) is 0 Å². The average Bonchev–Trinajstić information content (AvgIpc) is 3.01. The van der Waals surface area contributed by atoms with Gasteiger partial charge in [0.15, 0.2) is 0 Å². The summed E-state index contributed by atoms with van der Waals surface area (Å²) in [5.41, 5.74) is 0.649. The summed E-state index contributed by atoms with van der Waals surface area (Å²) < 4.78 is 29.6. The number of hydrogen-bond donors (Lipinski definition) is 1. The molecular formula is C14H16ClN3O4S. The van der Waals surface area contributed by atoms with Gasteiger partial charge in [0.1, 0.15) is 5.88 Å². The minimum absolute atomic E-state index is 0.0948. The lowest BCUT2D eigenvalue weighted by Gasteiger charge is -2.00. The highest BCUT2D eigenvalue weighted by Crippen LogP contribution is 2.15. The first kappa shape index (κ1) is 17.4. The maximum atomic E-state index is 12.2. The summed E-state index contributed by atoms with van der Waals surface area (Å²) in [7, 11) is -3.67. The topological polar surface area (TPSA) is 102 Å². The Morgan fingerprint density at radius 3 is 2.65 bits per heavy atom. The molecule has 9 heteroatoms. The third-order valence-corrected chi connectivity index (χ3v) is 4.58. The first-order chi connectivity index (χ1) is 11.0. The smallest absolute Gasteiger partial charge is 0.335 e. The molecule has 2 rings (SSSR count). The largest absolute Gasteiger partial charge is 0.413 e. The minimum Gasteiger partial charge on any atom is -0.413 e. The van der Waals surface area contributed by atoms with Crippen molar-refractivity contribution in [3.63, 3.8) is 0 Å². The van der Waals surface area contributed by atoms with Gasteiger partial charge in [0.05, 0.1) is 5.75 Å². The van der Waals surface area contributed by atoms with Crippen LogP contribution in [0.25, 0.3) is 0 Å². The van der Waals surface area contributed by atoms with Gasteiger partial charge >= 0.3 is 5.22 Å². The Morgan fingerprint density at radius 2 is 1.96 bits per heavy atom. The molecule has 23 heavy (non-hydrogen) atoms. The molecule has 1 aromatic heterocycles. The maximum Gasteiger partial charge on any atom is 0.335 e. The third kappa shape index (κ3) is 5.33. The van der Waals surface area contributed by atoms with Crippen molar-refractivity contribution in [3.05, 3.63) is 41.8 Å². The molecule has 1 aromatic carbocycles. The van der Waals surface area contributed by atoms with E-state index in [-0.39, 0.29) is 28.7 Å². The van der Waals surface area contributed by atoms with Crippen LogP contribution in [0.15, 0.2) is 40.0 Å². The van der Waals surface area contributed by atoms with Crippen molar-refractivity contribution in [1.82, 2.24) is 15.5 Å². The lowest BCUT2D eigenvalue weighted by molar-refractivity contribution is -0.118. The Labute approximate surface area is 139 Å². The van der Waals surface area contributed by atoms with Crippen molar-refractivity contribution in [2.45, 2.75) is 23.8 Å². The number of sulfone groups is 1. The van der Waals surface area contributed by atoms with E-state index in [2.05, 4.69) is 15.5 Å². The van der Waals surface area contributed by atoms with Crippen molar-refractivity contribution in [3.8, 4) is 0 Å². The highest BCUT2D eigenvalue weighted by atomic mass is 35.5. The number of halogens is 1. The van der Waals surface area contributed by atoms with E-state index in [0.717, 1.165) is 0 Å². The van der Waals surface area contributed by atoms with Crippen LogP contribution in [0.5, 0.6) is 0 Å². The molecule has 0 spiro atoms. The van der Waals surface area contributed by atoms with Crippen LogP contribution in [0.3, 0.4) is 0 Å². The number of carbonyl (C=O) groups is 1. The molecule has 7 nitrogen and oxygen atoms in total. The van der Waals surface area contributed by atoms with Gasteiger partial charge < -0.3 is 9.73 Å². The standard InChI is InChI=1S/C14H16ClN3O4S/c15-9-12(19)16-8-4-7-13-17-18-14(22-13)23(20,21)10-11-5-2-1-3-6-11/h1-3,5-6H,4,7-10H2,(H,16,19). The van der Waals surface area contributed by atoms with Crippen LogP contribution in [-0.2, 0) is 26.8 Å². The first-order valence-electron chi connectivity index (χ1n) is 6.93. The average molecular weight is 358 g/mol. The lowest BCUT2D eigenvalue weighted by atomic mass is 10.2. The van der Waals surface area contributed by atoms with Crippen LogP contribution in [0, 0.1) is 0 Å². The van der Waals surface area contributed by atoms with E-state index in [0.29, 0.717) is 24.9 Å². The molecule has 0 aliphatic rings. The van der Waals surface area contributed by atoms with Crippen molar-refractivity contribution >= 4 is 27.3 Å². The van der Waals surface area contributed by atoms with E-state index in [1.54, 1.807) is 24.3 Å². The number of hydrogen-bond acceptors (Lipinski definition) is 6. The van der Waals surface area contributed by atoms with Crippen LogP contribution >= 0.6 is 11.6 Å². The van der Waals surface area contributed by atoms with Crippen molar-refractivity contribution in [2.24, 2.45) is 0 Å². The summed E-state index contributed by atoms with van der Waals surface area (Å²) in [6, 6.07) is 8.77. The molecule has 0 aliphatic heterocycles. The number of nitrogens with one attached hydrogen (secondary N) is 1. The second-order valence-electron chi connectivity index (χ2n) is 4.79. The Balaban J connectivity index is 1.91. The maximum absolute atomic E-state index is 12.2. The van der Waals surface area contributed by atoms with Crippen molar-refractivity contribution in [1.29, 1.82) is 0 Å². The molecule has 2 aromatic rings. The third-order valence-electron chi connectivity index (χ3n) is 2.92. The summed E-state index contributed by atoms with van der Waals surface area (Å²) in [5.74, 6) is -0.330. The molecule has 1 heterocycles. The molecule has 124 valence electrons. The fourth-order valence-corrected chi connectivity index (χ4v) is 3.07. The predicted molar refractivity (Wildman–Crippen MR) is 83.7 cm³/mol. The molecule has 0 radical (unpaired) electrons. The highest BCUT2D eigenvalue weighted by molar-refractivity contribution is 7.90. The number of benzene rings is 1. The summed E-state index contributed by atoms with van der Waals surface area (Å²) >= 11 is 5.35. The van der Waals surface area contributed by atoms with Gasteiger partial charge in [0, 0.05) is 13.0 Å². The van der Waals surface area contributed by atoms with Crippen molar-refractivity contribution < 1.29 is 17.6 Å². The second-order valence-corrected chi connectivity index (χ2v) is 6.93. The zero-order valence-electron chi connectivity index (χ0n) is 12.2. The zero-order valence-corrected chi connectivity index (χ0v) is 13.8. The van der Waals surface area contributed by atoms with E-state index < -0.39 is 9.84 Å². The van der Waals surface area contributed by atoms with E-state index in [1.807, 2.05) is 6.07 Å². The number of rotatable bonds is 8. The van der Waals surface area contributed by atoms with Gasteiger partial charge in [-0.2, -0.15) is 0 Å². The zero-order chi connectivity index (χ0) is 16.7. The molecule has 0 saturated carbocycles. The predicted octanol–water partition coefficient (Wildman–Crippen LogP) is 1.33. The molecule has 1 N–H and O–H groups in total. The van der Waals surface area contributed by atoms with Gasteiger partial charge in [-0.25, -0.2) is 8.42 Å². The van der Waals surface area contributed by atoms with Crippen LogP contribution < -0.4 is 5.32 Å².